The summed E-state index contributed by atoms with van der Waals surface area (Å²) in [7, 11) is 0. The zero-order valence-electron chi connectivity index (χ0n) is 10.3. The third-order valence-corrected chi connectivity index (χ3v) is 3.63. The molecule has 0 amide bonds. The minimum Gasteiger partial charge on any atom is -0.382 e. The fraction of sp³-hybridized carbons (Fsp3) is 0.308. The van der Waals surface area contributed by atoms with Crippen molar-refractivity contribution in [3.8, 4) is 0 Å². The number of hydrogen-bond donors (Lipinski definition) is 1. The lowest BCUT2D eigenvalue weighted by atomic mass is 9.96. The van der Waals surface area contributed by atoms with Gasteiger partial charge in [-0.3, -0.25) is 4.98 Å². The van der Waals surface area contributed by atoms with Crippen LogP contribution in [0.2, 0.25) is 5.02 Å². The Balaban J connectivity index is 2.00. The Morgan fingerprint density at radius 3 is 3.00 bits per heavy atom. The average Bonchev–Trinajstić information content (AvgIpc) is 2.96. The van der Waals surface area contributed by atoms with Crippen LogP contribution in [0.3, 0.4) is 0 Å². The average molecular weight is 277 g/mol. The summed E-state index contributed by atoms with van der Waals surface area (Å²) in [5.74, 6) is 0.271. The molecule has 0 spiro atoms. The van der Waals surface area contributed by atoms with Gasteiger partial charge in [0.2, 0.25) is 0 Å². The molecule has 0 aromatic carbocycles. The van der Waals surface area contributed by atoms with Crippen molar-refractivity contribution in [2.45, 2.75) is 25.7 Å². The van der Waals surface area contributed by atoms with Crippen LogP contribution in [0.5, 0.6) is 0 Å². The third-order valence-electron chi connectivity index (χ3n) is 3.21. The molecule has 2 heterocycles. The van der Waals surface area contributed by atoms with Crippen molar-refractivity contribution >= 4 is 23.1 Å². The molecular weight excluding hydrogens is 264 g/mol. The molecule has 2 aromatic heterocycles. The van der Waals surface area contributed by atoms with Gasteiger partial charge in [-0.1, -0.05) is 16.8 Å². The van der Waals surface area contributed by atoms with Gasteiger partial charge in [-0.25, -0.2) is 4.99 Å². The lowest BCUT2D eigenvalue weighted by Gasteiger charge is -2.16. The monoisotopic (exact) mass is 276 g/mol. The topological polar surface area (TPSA) is 77.3 Å². The lowest BCUT2D eigenvalue weighted by molar-refractivity contribution is 0.418. The van der Waals surface area contributed by atoms with Gasteiger partial charge in [0.1, 0.15) is 17.6 Å². The number of aromatic nitrogens is 2. The number of aryl methyl sites for hydroxylation is 1. The first-order chi connectivity index (χ1) is 9.25. The number of halogens is 1. The molecule has 0 atom stereocenters. The van der Waals surface area contributed by atoms with Gasteiger partial charge in [-0.05, 0) is 31.2 Å². The van der Waals surface area contributed by atoms with E-state index in [1.807, 2.05) is 0 Å². The SMILES string of the molecule is N/C(=N\c1cnc2c(c1Cl)CCCC2)c1ccon1. The van der Waals surface area contributed by atoms with E-state index in [0.29, 0.717) is 16.4 Å². The number of pyridine rings is 1. The van der Waals surface area contributed by atoms with Gasteiger partial charge < -0.3 is 10.3 Å². The maximum Gasteiger partial charge on any atom is 0.153 e. The second-order valence-electron chi connectivity index (χ2n) is 4.47. The highest BCUT2D eigenvalue weighted by molar-refractivity contribution is 6.34. The van der Waals surface area contributed by atoms with Crippen LogP contribution < -0.4 is 5.73 Å². The third kappa shape index (κ3) is 2.33. The Morgan fingerprint density at radius 2 is 2.21 bits per heavy atom. The van der Waals surface area contributed by atoms with Gasteiger partial charge >= 0.3 is 0 Å². The molecule has 3 rings (SSSR count). The predicted molar refractivity (Wildman–Crippen MR) is 72.8 cm³/mol. The Hall–Kier alpha value is -1.88. The Labute approximate surface area is 115 Å². The molecule has 1 aliphatic carbocycles. The summed E-state index contributed by atoms with van der Waals surface area (Å²) in [6.07, 6.45) is 7.36. The van der Waals surface area contributed by atoms with Crippen LogP contribution in [-0.2, 0) is 12.8 Å². The van der Waals surface area contributed by atoms with Crippen molar-refractivity contribution in [3.63, 3.8) is 0 Å². The molecule has 5 nitrogen and oxygen atoms in total. The van der Waals surface area contributed by atoms with E-state index in [9.17, 15) is 0 Å². The molecule has 6 heteroatoms. The van der Waals surface area contributed by atoms with E-state index in [2.05, 4.69) is 15.1 Å². The van der Waals surface area contributed by atoms with E-state index >= 15 is 0 Å². The molecule has 0 unspecified atom stereocenters. The van der Waals surface area contributed by atoms with Gasteiger partial charge in [-0.15, -0.1) is 0 Å². The fourth-order valence-corrected chi connectivity index (χ4v) is 2.52. The van der Waals surface area contributed by atoms with E-state index in [0.717, 1.165) is 30.5 Å². The van der Waals surface area contributed by atoms with Crippen LogP contribution in [0, 0.1) is 0 Å². The first kappa shape index (κ1) is 12.2. The quantitative estimate of drug-likeness (QED) is 0.676. The zero-order valence-corrected chi connectivity index (χ0v) is 11.0. The second kappa shape index (κ2) is 5.01. The van der Waals surface area contributed by atoms with E-state index < -0.39 is 0 Å². The molecule has 1 aliphatic rings. The van der Waals surface area contributed by atoms with Gasteiger partial charge in [-0.2, -0.15) is 0 Å². The first-order valence-corrected chi connectivity index (χ1v) is 6.54. The molecule has 0 fully saturated rings. The molecule has 2 aromatic rings. The molecule has 2 N–H and O–H groups in total. The number of hydrogen-bond acceptors (Lipinski definition) is 4. The van der Waals surface area contributed by atoms with Crippen LogP contribution in [0.1, 0.15) is 29.8 Å². The molecule has 19 heavy (non-hydrogen) atoms. The van der Waals surface area contributed by atoms with E-state index in [1.54, 1.807) is 12.3 Å². The molecular formula is C13H13ClN4O. The highest BCUT2D eigenvalue weighted by Crippen LogP contribution is 2.33. The van der Waals surface area contributed by atoms with Crippen molar-refractivity contribution in [3.05, 3.63) is 40.5 Å². The van der Waals surface area contributed by atoms with Crippen LogP contribution in [0.4, 0.5) is 5.69 Å². The number of rotatable bonds is 2. The van der Waals surface area contributed by atoms with Crippen molar-refractivity contribution < 1.29 is 4.52 Å². The normalized spacial score (nSPS) is 15.3. The second-order valence-corrected chi connectivity index (χ2v) is 4.85. The summed E-state index contributed by atoms with van der Waals surface area (Å²) in [4.78, 5) is 8.71. The maximum atomic E-state index is 6.39. The van der Waals surface area contributed by atoms with Crippen molar-refractivity contribution in [1.82, 2.24) is 10.1 Å². The standard InChI is InChI=1S/C13H13ClN4O/c14-12-8-3-1-2-4-9(8)16-7-11(12)17-13(15)10-5-6-19-18-10/h5-7H,1-4H2,(H2,15,17). The number of nitrogens with two attached hydrogens (primary N) is 1. The first-order valence-electron chi connectivity index (χ1n) is 6.17. The smallest absolute Gasteiger partial charge is 0.153 e. The van der Waals surface area contributed by atoms with Crippen molar-refractivity contribution in [1.29, 1.82) is 0 Å². The summed E-state index contributed by atoms with van der Waals surface area (Å²) < 4.78 is 4.73. The van der Waals surface area contributed by atoms with Crippen LogP contribution in [0.15, 0.2) is 28.0 Å². The summed E-state index contributed by atoms with van der Waals surface area (Å²) >= 11 is 6.39. The van der Waals surface area contributed by atoms with Gasteiger partial charge in [0, 0.05) is 11.8 Å². The maximum absolute atomic E-state index is 6.39. The summed E-state index contributed by atoms with van der Waals surface area (Å²) in [6.45, 7) is 0. The highest BCUT2D eigenvalue weighted by Gasteiger charge is 2.16. The number of aliphatic imine (C=N–C) groups is 1. The summed E-state index contributed by atoms with van der Waals surface area (Å²) in [6, 6.07) is 1.65. The lowest BCUT2D eigenvalue weighted by Crippen LogP contribution is -2.13. The highest BCUT2D eigenvalue weighted by atomic mass is 35.5. The number of amidine groups is 1. The largest absolute Gasteiger partial charge is 0.382 e. The van der Waals surface area contributed by atoms with Crippen LogP contribution in [-0.4, -0.2) is 16.0 Å². The summed E-state index contributed by atoms with van der Waals surface area (Å²) in [5, 5.41) is 4.38. The number of nitrogens with zero attached hydrogens (tertiary/aromatic N) is 3. The molecule has 0 saturated heterocycles. The molecule has 98 valence electrons. The predicted octanol–water partition coefficient (Wildman–Crippen LogP) is 2.64. The Morgan fingerprint density at radius 1 is 1.37 bits per heavy atom. The minimum absolute atomic E-state index is 0.271. The summed E-state index contributed by atoms with van der Waals surface area (Å²) in [5.41, 5.74) is 9.12. The van der Waals surface area contributed by atoms with Crippen molar-refractivity contribution in [2.24, 2.45) is 10.7 Å². The fourth-order valence-electron chi connectivity index (χ4n) is 2.23. The van der Waals surface area contributed by atoms with Crippen LogP contribution in [0.25, 0.3) is 0 Å². The van der Waals surface area contributed by atoms with E-state index in [4.69, 9.17) is 21.9 Å². The molecule has 0 aliphatic heterocycles. The van der Waals surface area contributed by atoms with Crippen molar-refractivity contribution in [2.75, 3.05) is 0 Å². The molecule has 0 bridgehead atoms. The minimum atomic E-state index is 0.271. The Kier molecular flexibility index (Phi) is 3.21. The van der Waals surface area contributed by atoms with Gasteiger partial charge in [0.25, 0.3) is 0 Å². The van der Waals surface area contributed by atoms with E-state index in [-0.39, 0.29) is 5.84 Å². The zero-order chi connectivity index (χ0) is 13.2. The van der Waals surface area contributed by atoms with Crippen LogP contribution >= 0.6 is 11.6 Å². The van der Waals surface area contributed by atoms with Gasteiger partial charge in [0.05, 0.1) is 11.2 Å². The molecule has 0 radical (unpaired) electrons. The van der Waals surface area contributed by atoms with E-state index in [1.165, 1.54) is 12.7 Å². The van der Waals surface area contributed by atoms with Gasteiger partial charge in [0.15, 0.2) is 5.84 Å². The number of fused-ring (bicyclic) bond motifs is 1. The Bertz CT molecular complexity index is 622. The molecule has 0 saturated carbocycles.